The summed E-state index contributed by atoms with van der Waals surface area (Å²) in [7, 11) is 0. The van der Waals surface area contributed by atoms with E-state index < -0.39 is 11.9 Å². The van der Waals surface area contributed by atoms with Crippen molar-refractivity contribution >= 4 is 45.1 Å². The lowest BCUT2D eigenvalue weighted by Crippen LogP contribution is -2.27. The second-order valence-electron chi connectivity index (χ2n) is 5.23. The first-order valence-corrected chi connectivity index (χ1v) is 8.24. The average molecular weight is 395 g/mol. The van der Waals surface area contributed by atoms with Crippen molar-refractivity contribution in [3.8, 4) is 5.75 Å². The maximum atomic E-state index is 12.3. The number of ether oxygens (including phenoxy) is 1. The molecule has 1 heterocycles. The van der Waals surface area contributed by atoms with Gasteiger partial charge in [0, 0.05) is 17.4 Å². The van der Waals surface area contributed by atoms with Crippen molar-refractivity contribution in [1.82, 2.24) is 0 Å². The van der Waals surface area contributed by atoms with Crippen molar-refractivity contribution in [1.29, 1.82) is 0 Å². The highest BCUT2D eigenvalue weighted by Gasteiger charge is 2.37. The Morgan fingerprint density at radius 2 is 1.87 bits per heavy atom. The number of halogens is 2. The number of esters is 1. The number of para-hydroxylation sites is 1. The summed E-state index contributed by atoms with van der Waals surface area (Å²) < 4.78 is 6.25. The van der Waals surface area contributed by atoms with Crippen LogP contribution in [0.1, 0.15) is 6.42 Å². The summed E-state index contributed by atoms with van der Waals surface area (Å²) in [6.45, 7) is 0.276. The van der Waals surface area contributed by atoms with Crippen molar-refractivity contribution in [2.45, 2.75) is 6.42 Å². The Morgan fingerprint density at radius 3 is 2.57 bits per heavy atom. The van der Waals surface area contributed by atoms with Gasteiger partial charge in [-0.25, -0.2) is 0 Å². The van der Waals surface area contributed by atoms with Crippen LogP contribution in [0.2, 0.25) is 5.02 Å². The Bertz CT molecular complexity index is 748. The Kier molecular flexibility index (Phi) is 4.68. The van der Waals surface area contributed by atoms with E-state index in [1.807, 2.05) is 6.07 Å². The summed E-state index contributed by atoms with van der Waals surface area (Å²) in [5, 5.41) is 0.489. The van der Waals surface area contributed by atoms with Gasteiger partial charge in [-0.1, -0.05) is 39.7 Å². The van der Waals surface area contributed by atoms with Crippen LogP contribution >= 0.6 is 27.5 Å². The minimum absolute atomic E-state index is 0.126. The van der Waals surface area contributed by atoms with Gasteiger partial charge in [-0.3, -0.25) is 9.59 Å². The fraction of sp³-hybridized carbons (Fsp3) is 0.176. The standard InChI is InChI=1S/C17H13BrClNO3/c18-12-5-7-13(8-6-12)23-17(22)11-9-16(21)20(10-11)15-4-2-1-3-14(15)19/h1-8,11H,9-10H2/t11-/m0/s1. The van der Waals surface area contributed by atoms with Gasteiger partial charge in [-0.15, -0.1) is 0 Å². The maximum absolute atomic E-state index is 12.3. The van der Waals surface area contributed by atoms with E-state index in [1.165, 1.54) is 4.90 Å². The van der Waals surface area contributed by atoms with Crippen LogP contribution in [0.15, 0.2) is 53.0 Å². The molecule has 0 N–H and O–H groups in total. The van der Waals surface area contributed by atoms with Crippen LogP contribution in [0.5, 0.6) is 5.75 Å². The first-order chi connectivity index (χ1) is 11.0. The maximum Gasteiger partial charge on any atom is 0.316 e. The third kappa shape index (κ3) is 3.57. The lowest BCUT2D eigenvalue weighted by atomic mass is 10.1. The van der Waals surface area contributed by atoms with Crippen LogP contribution in [0.25, 0.3) is 0 Å². The molecule has 1 amide bonds. The van der Waals surface area contributed by atoms with Gasteiger partial charge < -0.3 is 9.64 Å². The highest BCUT2D eigenvalue weighted by atomic mass is 79.9. The molecule has 0 unspecified atom stereocenters. The molecule has 1 atom stereocenters. The minimum Gasteiger partial charge on any atom is -0.426 e. The third-order valence-electron chi connectivity index (χ3n) is 3.63. The van der Waals surface area contributed by atoms with Crippen LogP contribution in [0.3, 0.4) is 0 Å². The van der Waals surface area contributed by atoms with Gasteiger partial charge in [-0.2, -0.15) is 0 Å². The average Bonchev–Trinajstić information content (AvgIpc) is 2.92. The number of carbonyl (C=O) groups excluding carboxylic acids is 2. The van der Waals surface area contributed by atoms with E-state index in [9.17, 15) is 9.59 Å². The zero-order valence-electron chi connectivity index (χ0n) is 12.0. The van der Waals surface area contributed by atoms with Gasteiger partial charge in [0.15, 0.2) is 0 Å². The monoisotopic (exact) mass is 393 g/mol. The first-order valence-electron chi connectivity index (χ1n) is 7.07. The minimum atomic E-state index is -0.498. The number of anilines is 1. The molecule has 0 spiro atoms. The smallest absolute Gasteiger partial charge is 0.316 e. The van der Waals surface area contributed by atoms with Crippen LogP contribution in [-0.2, 0) is 9.59 Å². The van der Waals surface area contributed by atoms with Crippen LogP contribution < -0.4 is 9.64 Å². The quantitative estimate of drug-likeness (QED) is 0.582. The Hall–Kier alpha value is -1.85. The predicted molar refractivity (Wildman–Crippen MR) is 91.7 cm³/mol. The largest absolute Gasteiger partial charge is 0.426 e. The Morgan fingerprint density at radius 1 is 1.17 bits per heavy atom. The highest BCUT2D eigenvalue weighted by molar-refractivity contribution is 9.10. The molecule has 23 heavy (non-hydrogen) atoms. The molecule has 0 bridgehead atoms. The number of rotatable bonds is 3. The van der Waals surface area contributed by atoms with Gasteiger partial charge in [0.05, 0.1) is 16.6 Å². The molecule has 0 radical (unpaired) electrons. The molecule has 4 nitrogen and oxygen atoms in total. The van der Waals surface area contributed by atoms with Gasteiger partial charge in [0.1, 0.15) is 5.75 Å². The molecule has 3 rings (SSSR count). The van der Waals surface area contributed by atoms with E-state index in [2.05, 4.69) is 15.9 Å². The molecule has 1 aliphatic rings. The molecule has 2 aromatic rings. The van der Waals surface area contributed by atoms with Crippen molar-refractivity contribution < 1.29 is 14.3 Å². The van der Waals surface area contributed by atoms with E-state index in [1.54, 1.807) is 42.5 Å². The Labute approximate surface area is 147 Å². The van der Waals surface area contributed by atoms with Crippen molar-refractivity contribution in [2.24, 2.45) is 5.92 Å². The van der Waals surface area contributed by atoms with Crippen LogP contribution in [-0.4, -0.2) is 18.4 Å². The van der Waals surface area contributed by atoms with Gasteiger partial charge in [0.25, 0.3) is 0 Å². The molecule has 2 aromatic carbocycles. The summed E-state index contributed by atoms with van der Waals surface area (Å²) >= 11 is 9.45. The summed E-state index contributed by atoms with van der Waals surface area (Å²) in [5.41, 5.74) is 0.623. The van der Waals surface area contributed by atoms with Crippen LogP contribution in [0.4, 0.5) is 5.69 Å². The number of hydrogen-bond donors (Lipinski definition) is 0. The molecule has 0 aliphatic carbocycles. The molecular formula is C17H13BrClNO3. The zero-order valence-corrected chi connectivity index (χ0v) is 14.4. The number of nitrogens with zero attached hydrogens (tertiary/aromatic N) is 1. The fourth-order valence-corrected chi connectivity index (χ4v) is 2.97. The van der Waals surface area contributed by atoms with Gasteiger partial charge in [-0.05, 0) is 36.4 Å². The number of amides is 1. The summed E-state index contributed by atoms with van der Waals surface area (Å²) in [6, 6.07) is 14.1. The molecule has 1 saturated heterocycles. The molecular weight excluding hydrogens is 382 g/mol. The lowest BCUT2D eigenvalue weighted by Gasteiger charge is -2.17. The molecule has 0 saturated carbocycles. The van der Waals surface area contributed by atoms with Gasteiger partial charge in [0.2, 0.25) is 5.91 Å². The SMILES string of the molecule is O=C(Oc1ccc(Br)cc1)[C@H]1CC(=O)N(c2ccccc2Cl)C1. The first kappa shape index (κ1) is 16.0. The fourth-order valence-electron chi connectivity index (χ4n) is 2.47. The summed E-state index contributed by atoms with van der Waals surface area (Å²) in [6.07, 6.45) is 0.126. The molecule has 6 heteroatoms. The summed E-state index contributed by atoms with van der Waals surface area (Å²) in [5.74, 6) is -0.574. The van der Waals surface area contributed by atoms with E-state index in [-0.39, 0.29) is 18.9 Å². The second kappa shape index (κ2) is 6.72. The van der Waals surface area contributed by atoms with E-state index >= 15 is 0 Å². The highest BCUT2D eigenvalue weighted by Crippen LogP contribution is 2.31. The zero-order chi connectivity index (χ0) is 16.4. The topological polar surface area (TPSA) is 46.6 Å². The molecule has 1 aliphatic heterocycles. The van der Waals surface area contributed by atoms with Gasteiger partial charge >= 0.3 is 5.97 Å². The summed E-state index contributed by atoms with van der Waals surface area (Å²) in [4.78, 5) is 26.0. The Balaban J connectivity index is 1.71. The van der Waals surface area contributed by atoms with E-state index in [0.29, 0.717) is 16.5 Å². The number of benzene rings is 2. The molecule has 1 fully saturated rings. The second-order valence-corrected chi connectivity index (χ2v) is 6.55. The lowest BCUT2D eigenvalue weighted by molar-refractivity contribution is -0.139. The number of carbonyl (C=O) groups is 2. The van der Waals surface area contributed by atoms with E-state index in [0.717, 1.165) is 4.47 Å². The number of hydrogen-bond acceptors (Lipinski definition) is 3. The predicted octanol–water partition coefficient (Wildman–Crippen LogP) is 4.06. The van der Waals surface area contributed by atoms with Crippen molar-refractivity contribution in [2.75, 3.05) is 11.4 Å². The third-order valence-corrected chi connectivity index (χ3v) is 4.48. The van der Waals surface area contributed by atoms with E-state index in [4.69, 9.17) is 16.3 Å². The van der Waals surface area contributed by atoms with Crippen LogP contribution in [0, 0.1) is 5.92 Å². The van der Waals surface area contributed by atoms with Crippen molar-refractivity contribution in [3.63, 3.8) is 0 Å². The van der Waals surface area contributed by atoms with Crippen molar-refractivity contribution in [3.05, 3.63) is 58.0 Å². The molecule has 118 valence electrons. The normalized spacial score (nSPS) is 17.4. The molecule has 0 aromatic heterocycles.